The van der Waals surface area contributed by atoms with Crippen LogP contribution >= 0.6 is 7.82 Å². The number of phosphoric ester groups is 1. The molecule has 1 saturated heterocycles. The van der Waals surface area contributed by atoms with Gasteiger partial charge in [0, 0.05) is 25.9 Å². The SMILES string of the molecule is CC(C)CCC[C@@H](C)[C@H]1CCC2[C@@H]3CC=C4C[C@@H](OC(=O)NCCCCCC(=O)N5CCC[C@H]5COP(=O)(O)O)CC[C@]4(C)C3CC[C@@]21C. The number of nitrogens with zero attached hydrogens (tertiary/aromatic N) is 1. The van der Waals surface area contributed by atoms with Crippen molar-refractivity contribution in [2.45, 2.75) is 156 Å². The van der Waals surface area contributed by atoms with Gasteiger partial charge >= 0.3 is 13.9 Å². The standard InChI is InChI=1S/C39H67N2O7P/c1-27(2)11-9-12-28(3)33-17-18-34-32-16-15-29-25-31(19-21-38(29,4)35(32)20-22-39(33,34)5)48-37(43)40-23-8-6-7-14-36(42)41-24-10-13-30(41)26-47-49(44,45)46/h15,27-28,30-35H,6-14,16-26H2,1-5H3,(H,40,43)(H2,44,45,46)/t28-,30+,31+,32+,33-,34?,35?,38+,39-/m1/s1. The van der Waals surface area contributed by atoms with E-state index in [1.54, 1.807) is 4.90 Å². The average molecular weight is 707 g/mol. The van der Waals surface area contributed by atoms with Gasteiger partial charge in [0.2, 0.25) is 5.91 Å². The number of alkyl carbamates (subject to hydrolysis) is 1. The molecule has 0 aromatic heterocycles. The van der Waals surface area contributed by atoms with Crippen molar-refractivity contribution in [2.75, 3.05) is 19.7 Å². The van der Waals surface area contributed by atoms with E-state index < -0.39 is 7.82 Å². The lowest BCUT2D eigenvalue weighted by Gasteiger charge is -2.58. The predicted molar refractivity (Wildman–Crippen MR) is 193 cm³/mol. The number of likely N-dealkylation sites (tertiary alicyclic amines) is 1. The average Bonchev–Trinajstić information content (AvgIpc) is 3.65. The fraction of sp³-hybridized carbons (Fsp3) is 0.897. The quantitative estimate of drug-likeness (QED) is 0.0883. The van der Waals surface area contributed by atoms with Crippen molar-refractivity contribution >= 4 is 19.8 Å². The summed E-state index contributed by atoms with van der Waals surface area (Å²) in [7, 11) is -4.54. The highest BCUT2D eigenvalue weighted by Gasteiger charge is 2.59. The summed E-state index contributed by atoms with van der Waals surface area (Å²) in [6.45, 7) is 13.4. The van der Waals surface area contributed by atoms with Gasteiger partial charge in [-0.15, -0.1) is 0 Å². The third-order valence-electron chi connectivity index (χ3n) is 14.0. The van der Waals surface area contributed by atoms with E-state index in [-0.39, 0.29) is 36.2 Å². The Balaban J connectivity index is 1.02. The van der Waals surface area contributed by atoms with Crippen LogP contribution in [0.25, 0.3) is 0 Å². The summed E-state index contributed by atoms with van der Waals surface area (Å²) in [6, 6.07) is -0.281. The number of carbonyl (C=O) groups excluding carboxylic acids is 2. The highest BCUT2D eigenvalue weighted by molar-refractivity contribution is 7.46. The molecule has 0 spiro atoms. The van der Waals surface area contributed by atoms with Crippen LogP contribution in [-0.2, 0) is 18.6 Å². The maximum Gasteiger partial charge on any atom is 0.469 e. The Morgan fingerprint density at radius 3 is 2.55 bits per heavy atom. The lowest BCUT2D eigenvalue weighted by Crippen LogP contribution is -2.51. The number of ether oxygens (including phenoxy) is 1. The Kier molecular flexibility index (Phi) is 13.1. The second kappa shape index (κ2) is 16.5. The van der Waals surface area contributed by atoms with Gasteiger partial charge in [0.15, 0.2) is 0 Å². The zero-order valence-corrected chi connectivity index (χ0v) is 32.1. The number of fused-ring (bicyclic) bond motifs is 5. The minimum Gasteiger partial charge on any atom is -0.446 e. The largest absolute Gasteiger partial charge is 0.469 e. The van der Waals surface area contributed by atoms with Crippen molar-refractivity contribution in [3.8, 4) is 0 Å². The molecule has 0 aromatic rings. The normalized spacial score (nSPS) is 34.9. The zero-order chi connectivity index (χ0) is 35.4. The Morgan fingerprint density at radius 2 is 1.80 bits per heavy atom. The van der Waals surface area contributed by atoms with Crippen molar-refractivity contribution in [1.82, 2.24) is 10.2 Å². The number of phosphoric acid groups is 1. The van der Waals surface area contributed by atoms with E-state index in [1.807, 2.05) is 0 Å². The predicted octanol–water partition coefficient (Wildman–Crippen LogP) is 8.78. The Morgan fingerprint density at radius 1 is 1.00 bits per heavy atom. The van der Waals surface area contributed by atoms with Crippen molar-refractivity contribution in [3.05, 3.63) is 11.6 Å². The number of hydrogen-bond acceptors (Lipinski definition) is 5. The minimum absolute atomic E-state index is 0.00591. The number of rotatable bonds is 15. The summed E-state index contributed by atoms with van der Waals surface area (Å²) in [5.41, 5.74) is 2.27. The van der Waals surface area contributed by atoms with E-state index in [2.05, 4.69) is 50.5 Å². The maximum absolute atomic E-state index is 12.7. The molecule has 0 aromatic carbocycles. The van der Waals surface area contributed by atoms with Crippen molar-refractivity contribution in [3.63, 3.8) is 0 Å². The Bertz CT molecular complexity index is 1220. The Labute approximate surface area is 296 Å². The van der Waals surface area contributed by atoms with Crippen molar-refractivity contribution < 1.29 is 33.2 Å². The molecule has 0 bridgehead atoms. The molecule has 49 heavy (non-hydrogen) atoms. The smallest absolute Gasteiger partial charge is 0.446 e. The van der Waals surface area contributed by atoms with Gasteiger partial charge in [-0.1, -0.05) is 72.0 Å². The van der Waals surface area contributed by atoms with Crippen molar-refractivity contribution in [2.24, 2.45) is 46.3 Å². The number of allylic oxidation sites excluding steroid dienone is 1. The topological polar surface area (TPSA) is 125 Å². The van der Waals surface area contributed by atoms with Crippen LogP contribution in [0.2, 0.25) is 0 Å². The van der Waals surface area contributed by atoms with Gasteiger partial charge < -0.3 is 24.7 Å². The van der Waals surface area contributed by atoms with Crippen LogP contribution in [-0.4, -0.2) is 58.5 Å². The maximum atomic E-state index is 12.7. The molecule has 280 valence electrons. The van der Waals surface area contributed by atoms with Gasteiger partial charge in [0.1, 0.15) is 6.10 Å². The molecule has 1 aliphatic heterocycles. The van der Waals surface area contributed by atoms with E-state index in [4.69, 9.17) is 14.5 Å². The first-order chi connectivity index (χ1) is 23.2. The lowest BCUT2D eigenvalue weighted by molar-refractivity contribution is -0.132. The van der Waals surface area contributed by atoms with Crippen LogP contribution in [0.5, 0.6) is 0 Å². The summed E-state index contributed by atoms with van der Waals surface area (Å²) in [5, 5.41) is 2.93. The molecule has 3 N–H and O–H groups in total. The molecule has 10 heteroatoms. The highest BCUT2D eigenvalue weighted by atomic mass is 31.2. The van der Waals surface area contributed by atoms with Gasteiger partial charge in [0.05, 0.1) is 12.6 Å². The molecule has 4 aliphatic carbocycles. The number of carbonyl (C=O) groups is 2. The second-order valence-corrected chi connectivity index (χ2v) is 18.7. The number of amides is 2. The molecule has 0 radical (unpaired) electrons. The van der Waals surface area contributed by atoms with E-state index in [1.165, 1.54) is 56.9 Å². The first-order valence-corrected chi connectivity index (χ1v) is 21.4. The summed E-state index contributed by atoms with van der Waals surface area (Å²) >= 11 is 0. The molecule has 9 nitrogen and oxygen atoms in total. The summed E-state index contributed by atoms with van der Waals surface area (Å²) < 4.78 is 21.6. The monoisotopic (exact) mass is 706 g/mol. The number of hydrogen-bond donors (Lipinski definition) is 3. The molecule has 5 aliphatic rings. The van der Waals surface area contributed by atoms with Gasteiger partial charge in [0.25, 0.3) is 0 Å². The highest BCUT2D eigenvalue weighted by Crippen LogP contribution is 2.67. The van der Waals surface area contributed by atoms with Crippen LogP contribution < -0.4 is 5.32 Å². The minimum atomic E-state index is -4.54. The molecule has 1 heterocycles. The third kappa shape index (κ3) is 9.34. The summed E-state index contributed by atoms with van der Waals surface area (Å²) in [4.78, 5) is 45.0. The molecule has 9 atom stereocenters. The number of unbranched alkanes of at least 4 members (excludes halogenated alkanes) is 2. The van der Waals surface area contributed by atoms with E-state index in [0.29, 0.717) is 37.8 Å². The molecular formula is C39H67N2O7P. The molecule has 2 unspecified atom stereocenters. The first kappa shape index (κ1) is 38.8. The van der Waals surface area contributed by atoms with Crippen molar-refractivity contribution in [1.29, 1.82) is 0 Å². The van der Waals surface area contributed by atoms with Crippen LogP contribution in [0.1, 0.15) is 144 Å². The van der Waals surface area contributed by atoms with Gasteiger partial charge in [-0.05, 0) is 117 Å². The molecule has 2 amide bonds. The van der Waals surface area contributed by atoms with E-state index in [0.717, 1.165) is 74.0 Å². The van der Waals surface area contributed by atoms with Gasteiger partial charge in [-0.25, -0.2) is 9.36 Å². The molecule has 5 rings (SSSR count). The van der Waals surface area contributed by atoms with Gasteiger partial charge in [-0.2, -0.15) is 0 Å². The molecule has 3 saturated carbocycles. The fourth-order valence-corrected chi connectivity index (χ4v) is 11.7. The van der Waals surface area contributed by atoms with E-state index in [9.17, 15) is 14.2 Å². The summed E-state index contributed by atoms with van der Waals surface area (Å²) in [5.74, 6) is 4.92. The summed E-state index contributed by atoms with van der Waals surface area (Å²) in [6.07, 6.45) is 20.1. The van der Waals surface area contributed by atoms with Crippen LogP contribution in [0.15, 0.2) is 11.6 Å². The molecular weight excluding hydrogens is 639 g/mol. The van der Waals surface area contributed by atoms with E-state index >= 15 is 0 Å². The third-order valence-corrected chi connectivity index (χ3v) is 14.5. The fourth-order valence-electron chi connectivity index (χ4n) is 11.4. The van der Waals surface area contributed by atoms with Gasteiger partial charge in [-0.3, -0.25) is 9.32 Å². The lowest BCUT2D eigenvalue weighted by atomic mass is 9.47. The molecule has 4 fully saturated rings. The van der Waals surface area contributed by atoms with Crippen LogP contribution in [0.4, 0.5) is 4.79 Å². The second-order valence-electron chi connectivity index (χ2n) is 17.5. The van der Waals surface area contributed by atoms with Crippen LogP contribution in [0.3, 0.4) is 0 Å². The van der Waals surface area contributed by atoms with Crippen LogP contribution in [0, 0.1) is 46.3 Å². The Hall–Kier alpha value is -1.41. The zero-order valence-electron chi connectivity index (χ0n) is 31.2. The first-order valence-electron chi connectivity index (χ1n) is 19.8. The number of nitrogens with one attached hydrogen (secondary N) is 1.